The standard InChI is InChI=1S/C22H26N6O3/c1-14-11-24-19-10-17(4-6-28(19)21(14)29)27-7-8-31-18-9-15(12-25-20(18)27)22(30)26-5-2-3-16(23)13-26/h4,6,9-12,16,21,29H,2-3,5,7-8,13,23H2,1H3. The van der Waals surface area contributed by atoms with Gasteiger partial charge in [0, 0.05) is 49.5 Å². The monoisotopic (exact) mass is 422 g/mol. The number of likely N-dealkylation sites (tertiary alicyclic amines) is 1. The van der Waals surface area contributed by atoms with E-state index in [1.165, 1.54) is 0 Å². The lowest BCUT2D eigenvalue weighted by molar-refractivity contribution is 0.0708. The number of carbonyl (C=O) groups is 1. The first kappa shape index (κ1) is 19.8. The zero-order valence-corrected chi connectivity index (χ0v) is 17.4. The number of amides is 1. The van der Waals surface area contributed by atoms with Gasteiger partial charge in [0.1, 0.15) is 12.4 Å². The number of rotatable bonds is 2. The summed E-state index contributed by atoms with van der Waals surface area (Å²) >= 11 is 0. The molecule has 2 unspecified atom stereocenters. The van der Waals surface area contributed by atoms with Gasteiger partial charge in [0.25, 0.3) is 5.91 Å². The highest BCUT2D eigenvalue weighted by Crippen LogP contribution is 2.34. The molecule has 3 N–H and O–H groups in total. The van der Waals surface area contributed by atoms with Gasteiger partial charge in [0.2, 0.25) is 0 Å². The van der Waals surface area contributed by atoms with Crippen molar-refractivity contribution in [3.8, 4) is 5.75 Å². The predicted molar refractivity (Wildman–Crippen MR) is 116 cm³/mol. The zero-order valence-electron chi connectivity index (χ0n) is 17.4. The Balaban J connectivity index is 1.41. The number of aliphatic hydroxyl groups excluding tert-OH is 1. The quantitative estimate of drug-likeness (QED) is 0.737. The van der Waals surface area contributed by atoms with E-state index < -0.39 is 6.23 Å². The Bertz CT molecular complexity index is 1030. The molecule has 0 radical (unpaired) electrons. The Morgan fingerprint density at radius 3 is 3.06 bits per heavy atom. The number of anilines is 1. The van der Waals surface area contributed by atoms with Gasteiger partial charge in [-0.05, 0) is 37.5 Å². The van der Waals surface area contributed by atoms with Crippen LogP contribution < -0.4 is 15.4 Å². The van der Waals surface area contributed by atoms with Gasteiger partial charge in [-0.15, -0.1) is 0 Å². The molecular formula is C22H26N6O3. The third-order valence-electron chi connectivity index (χ3n) is 5.98. The highest BCUT2D eigenvalue weighted by Gasteiger charge is 2.29. The fraction of sp³-hybridized carbons (Fsp3) is 0.409. The van der Waals surface area contributed by atoms with Crippen LogP contribution in [-0.4, -0.2) is 70.1 Å². The minimum atomic E-state index is -0.715. The number of ether oxygens (including phenoxy) is 1. The molecule has 2 atom stereocenters. The minimum absolute atomic E-state index is 0.0273. The van der Waals surface area contributed by atoms with Crippen molar-refractivity contribution in [3.63, 3.8) is 0 Å². The molecule has 4 aliphatic heterocycles. The van der Waals surface area contributed by atoms with Crippen molar-refractivity contribution in [2.45, 2.75) is 32.0 Å². The molecule has 0 aliphatic carbocycles. The van der Waals surface area contributed by atoms with E-state index in [1.807, 2.05) is 30.2 Å². The Morgan fingerprint density at radius 2 is 2.23 bits per heavy atom. The van der Waals surface area contributed by atoms with Crippen LogP contribution in [0.2, 0.25) is 0 Å². The summed E-state index contributed by atoms with van der Waals surface area (Å²) in [6.07, 6.45) is 10.1. The van der Waals surface area contributed by atoms with Gasteiger partial charge in [-0.1, -0.05) is 0 Å². The number of fused-ring (bicyclic) bond motifs is 2. The normalized spacial score (nSPS) is 25.1. The number of pyridine rings is 1. The van der Waals surface area contributed by atoms with E-state index in [2.05, 4.69) is 9.98 Å². The summed E-state index contributed by atoms with van der Waals surface area (Å²) in [5.41, 5.74) is 8.22. The summed E-state index contributed by atoms with van der Waals surface area (Å²) in [4.78, 5) is 27.5. The molecule has 9 heteroatoms. The van der Waals surface area contributed by atoms with Crippen LogP contribution in [0.3, 0.4) is 0 Å². The van der Waals surface area contributed by atoms with E-state index in [4.69, 9.17) is 10.5 Å². The number of allylic oxidation sites excluding steroid dienone is 1. The number of amidine groups is 1. The van der Waals surface area contributed by atoms with Crippen LogP contribution in [0.5, 0.6) is 5.75 Å². The summed E-state index contributed by atoms with van der Waals surface area (Å²) in [7, 11) is 0. The van der Waals surface area contributed by atoms with Crippen LogP contribution in [0.25, 0.3) is 0 Å². The molecule has 9 nitrogen and oxygen atoms in total. The van der Waals surface area contributed by atoms with Crippen LogP contribution in [0.1, 0.15) is 30.1 Å². The van der Waals surface area contributed by atoms with Gasteiger partial charge in [-0.3, -0.25) is 4.79 Å². The average Bonchev–Trinajstić information content (AvgIpc) is 2.80. The van der Waals surface area contributed by atoms with E-state index in [9.17, 15) is 9.90 Å². The second-order valence-electron chi connectivity index (χ2n) is 8.23. The first-order valence-electron chi connectivity index (χ1n) is 10.6. The lowest BCUT2D eigenvalue weighted by Crippen LogP contribution is -2.45. The van der Waals surface area contributed by atoms with Crippen molar-refractivity contribution in [1.29, 1.82) is 0 Å². The number of aliphatic imine (C=N–C) groups is 1. The molecule has 1 aromatic heterocycles. The molecule has 1 aromatic rings. The Morgan fingerprint density at radius 1 is 1.35 bits per heavy atom. The van der Waals surface area contributed by atoms with Crippen LogP contribution >= 0.6 is 0 Å². The third-order valence-corrected chi connectivity index (χ3v) is 5.98. The summed E-state index contributed by atoms with van der Waals surface area (Å²) < 4.78 is 5.84. The number of aliphatic hydroxyl groups is 1. The first-order chi connectivity index (χ1) is 15.0. The minimum Gasteiger partial charge on any atom is -0.488 e. The van der Waals surface area contributed by atoms with E-state index in [1.54, 1.807) is 28.3 Å². The smallest absolute Gasteiger partial charge is 0.255 e. The topological polar surface area (TPSA) is 108 Å². The Labute approximate surface area is 180 Å². The molecular weight excluding hydrogens is 396 g/mol. The number of nitrogens with zero attached hydrogens (tertiary/aromatic N) is 5. The average molecular weight is 422 g/mol. The van der Waals surface area contributed by atoms with Crippen LogP contribution in [0.4, 0.5) is 5.82 Å². The van der Waals surface area contributed by atoms with Crippen molar-refractivity contribution in [2.75, 3.05) is 31.1 Å². The van der Waals surface area contributed by atoms with Crippen LogP contribution in [-0.2, 0) is 0 Å². The first-order valence-corrected chi connectivity index (χ1v) is 10.6. The summed E-state index contributed by atoms with van der Waals surface area (Å²) in [5.74, 6) is 1.84. The maximum absolute atomic E-state index is 12.9. The number of carbonyl (C=O) groups excluding carboxylic acids is 1. The molecule has 162 valence electrons. The summed E-state index contributed by atoms with van der Waals surface area (Å²) in [6.45, 7) is 4.22. The second-order valence-corrected chi connectivity index (χ2v) is 8.23. The number of nitrogens with two attached hydrogens (primary N) is 1. The van der Waals surface area contributed by atoms with E-state index in [-0.39, 0.29) is 11.9 Å². The van der Waals surface area contributed by atoms with Crippen molar-refractivity contribution in [3.05, 3.63) is 53.6 Å². The van der Waals surface area contributed by atoms with Crippen molar-refractivity contribution in [1.82, 2.24) is 14.8 Å². The molecule has 0 bridgehead atoms. The van der Waals surface area contributed by atoms with Crippen LogP contribution in [0, 0.1) is 0 Å². The second kappa shape index (κ2) is 7.82. The fourth-order valence-electron chi connectivity index (χ4n) is 4.27. The highest BCUT2D eigenvalue weighted by molar-refractivity contribution is 5.98. The van der Waals surface area contributed by atoms with E-state index in [0.29, 0.717) is 49.2 Å². The molecule has 0 aromatic carbocycles. The SMILES string of the molecule is CC1=CN=C2C=C(N3CCOc4cc(C(=O)N5CCCC(N)C5)cnc43)C=CN2C1O. The van der Waals surface area contributed by atoms with Crippen LogP contribution in [0.15, 0.2) is 53.1 Å². The van der Waals surface area contributed by atoms with Gasteiger partial charge >= 0.3 is 0 Å². The molecule has 0 saturated carbocycles. The number of hydrogen-bond donors (Lipinski definition) is 2. The Hall–Kier alpha value is -3.17. The molecule has 5 rings (SSSR count). The van der Waals surface area contributed by atoms with Crippen molar-refractivity contribution < 1.29 is 14.6 Å². The van der Waals surface area contributed by atoms with Gasteiger partial charge in [-0.25, -0.2) is 9.98 Å². The molecule has 5 heterocycles. The van der Waals surface area contributed by atoms with E-state index >= 15 is 0 Å². The van der Waals surface area contributed by atoms with E-state index in [0.717, 1.165) is 24.1 Å². The van der Waals surface area contributed by atoms with Gasteiger partial charge < -0.3 is 30.3 Å². The summed E-state index contributed by atoms with van der Waals surface area (Å²) in [6, 6.07) is 1.80. The zero-order chi connectivity index (χ0) is 21.5. The largest absolute Gasteiger partial charge is 0.488 e. The molecule has 31 heavy (non-hydrogen) atoms. The van der Waals surface area contributed by atoms with Gasteiger partial charge in [0.15, 0.2) is 17.8 Å². The third kappa shape index (κ3) is 3.60. The lowest BCUT2D eigenvalue weighted by atomic mass is 10.1. The fourth-order valence-corrected chi connectivity index (χ4v) is 4.27. The predicted octanol–water partition coefficient (Wildman–Crippen LogP) is 1.19. The highest BCUT2D eigenvalue weighted by atomic mass is 16.5. The molecule has 1 saturated heterocycles. The molecule has 0 spiro atoms. The summed E-state index contributed by atoms with van der Waals surface area (Å²) in [5, 5.41) is 10.3. The van der Waals surface area contributed by atoms with Gasteiger partial charge in [-0.2, -0.15) is 0 Å². The Kier molecular flexibility index (Phi) is 4.99. The molecule has 4 aliphatic rings. The van der Waals surface area contributed by atoms with Crippen molar-refractivity contribution in [2.24, 2.45) is 10.7 Å². The number of hydrogen-bond acceptors (Lipinski definition) is 8. The lowest BCUT2D eigenvalue weighted by Gasteiger charge is -2.36. The molecule has 1 fully saturated rings. The molecule has 1 amide bonds. The maximum atomic E-state index is 12.9. The number of piperidine rings is 1. The van der Waals surface area contributed by atoms with Crippen molar-refractivity contribution >= 4 is 17.6 Å². The number of aromatic nitrogens is 1. The maximum Gasteiger partial charge on any atom is 0.255 e. The van der Waals surface area contributed by atoms with Gasteiger partial charge in [0.05, 0.1) is 12.1 Å².